The zero-order valence-electron chi connectivity index (χ0n) is 6.42. The maximum Gasteiger partial charge on any atom is 0.0752 e. The van der Waals surface area contributed by atoms with Gasteiger partial charge in [-0.05, 0) is 6.26 Å². The molecular weight excluding hydrogens is 134 g/mol. The minimum absolute atomic E-state index is 0.310. The average Bonchev–Trinajstić information content (AvgIpc) is 1.93. The lowest BCUT2D eigenvalue weighted by molar-refractivity contribution is 0.208. The molecule has 3 N–H and O–H groups in total. The highest BCUT2D eigenvalue weighted by atomic mass is 32.2. The SMILES string of the molecule is CC.CSCC(O)CN. The van der Waals surface area contributed by atoms with E-state index in [1.54, 1.807) is 11.8 Å². The topological polar surface area (TPSA) is 46.2 Å². The highest BCUT2D eigenvalue weighted by Gasteiger charge is 1.95. The van der Waals surface area contributed by atoms with Crippen LogP contribution >= 0.6 is 11.8 Å². The third kappa shape index (κ3) is 11.7. The lowest BCUT2D eigenvalue weighted by Gasteiger charge is -2.01. The van der Waals surface area contributed by atoms with Gasteiger partial charge in [0.1, 0.15) is 0 Å². The van der Waals surface area contributed by atoms with Crippen molar-refractivity contribution in [3.05, 3.63) is 0 Å². The van der Waals surface area contributed by atoms with Crippen LogP contribution in [0.1, 0.15) is 13.8 Å². The Morgan fingerprint density at radius 1 is 1.56 bits per heavy atom. The van der Waals surface area contributed by atoms with E-state index >= 15 is 0 Å². The first-order chi connectivity index (χ1) is 4.31. The third-order valence-corrected chi connectivity index (χ3v) is 1.35. The molecule has 1 unspecified atom stereocenters. The Bertz CT molecular complexity index is 44.0. The van der Waals surface area contributed by atoms with Crippen molar-refractivity contribution in [1.29, 1.82) is 0 Å². The summed E-state index contributed by atoms with van der Waals surface area (Å²) in [6, 6.07) is 0. The van der Waals surface area contributed by atoms with Crippen molar-refractivity contribution in [3.8, 4) is 0 Å². The van der Waals surface area contributed by atoms with Gasteiger partial charge in [0.05, 0.1) is 6.10 Å². The molecule has 0 amide bonds. The zero-order valence-corrected chi connectivity index (χ0v) is 7.24. The van der Waals surface area contributed by atoms with Crippen molar-refractivity contribution in [3.63, 3.8) is 0 Å². The highest BCUT2D eigenvalue weighted by Crippen LogP contribution is 1.93. The minimum Gasteiger partial charge on any atom is -0.391 e. The molecule has 2 nitrogen and oxygen atoms in total. The minimum atomic E-state index is -0.310. The molecule has 0 fully saturated rings. The molecule has 1 atom stereocenters. The van der Waals surface area contributed by atoms with E-state index in [1.165, 1.54) is 0 Å². The maximum atomic E-state index is 8.71. The lowest BCUT2D eigenvalue weighted by atomic mass is 10.4. The first-order valence-corrected chi connectivity index (χ1v) is 4.57. The van der Waals surface area contributed by atoms with Gasteiger partial charge in [0.2, 0.25) is 0 Å². The van der Waals surface area contributed by atoms with Crippen LogP contribution < -0.4 is 5.73 Å². The highest BCUT2D eigenvalue weighted by molar-refractivity contribution is 7.98. The molecule has 0 saturated carbocycles. The molecule has 0 aliphatic carbocycles. The van der Waals surface area contributed by atoms with Gasteiger partial charge in [0.25, 0.3) is 0 Å². The largest absolute Gasteiger partial charge is 0.391 e. The van der Waals surface area contributed by atoms with Gasteiger partial charge in [-0.25, -0.2) is 0 Å². The van der Waals surface area contributed by atoms with Crippen LogP contribution in [0.15, 0.2) is 0 Å². The van der Waals surface area contributed by atoms with E-state index in [0.29, 0.717) is 6.54 Å². The van der Waals surface area contributed by atoms with E-state index in [-0.39, 0.29) is 6.10 Å². The number of aliphatic hydroxyl groups is 1. The Hall–Kier alpha value is 0.270. The quantitative estimate of drug-likeness (QED) is 0.624. The molecule has 0 aliphatic rings. The van der Waals surface area contributed by atoms with E-state index < -0.39 is 0 Å². The van der Waals surface area contributed by atoms with Crippen LogP contribution in [0.4, 0.5) is 0 Å². The second-order valence-electron chi connectivity index (χ2n) is 1.34. The Balaban J connectivity index is 0. The Morgan fingerprint density at radius 2 is 2.00 bits per heavy atom. The van der Waals surface area contributed by atoms with Gasteiger partial charge < -0.3 is 10.8 Å². The van der Waals surface area contributed by atoms with Crippen LogP contribution in [0.5, 0.6) is 0 Å². The fourth-order valence-corrected chi connectivity index (χ4v) is 0.781. The first-order valence-electron chi connectivity index (χ1n) is 3.18. The first kappa shape index (κ1) is 12.0. The summed E-state index contributed by atoms with van der Waals surface area (Å²) in [4.78, 5) is 0. The summed E-state index contributed by atoms with van der Waals surface area (Å²) < 4.78 is 0. The molecule has 3 heteroatoms. The zero-order chi connectivity index (χ0) is 7.70. The predicted molar refractivity (Wildman–Crippen MR) is 44.8 cm³/mol. The lowest BCUT2D eigenvalue weighted by Crippen LogP contribution is -2.21. The van der Waals surface area contributed by atoms with E-state index in [4.69, 9.17) is 10.8 Å². The molecule has 0 heterocycles. The second-order valence-corrected chi connectivity index (χ2v) is 2.26. The van der Waals surface area contributed by atoms with E-state index in [1.807, 2.05) is 20.1 Å². The molecule has 0 aromatic rings. The van der Waals surface area contributed by atoms with Crippen molar-refractivity contribution in [2.45, 2.75) is 20.0 Å². The van der Waals surface area contributed by atoms with E-state index in [0.717, 1.165) is 5.75 Å². The molecule has 0 bridgehead atoms. The summed E-state index contributed by atoms with van der Waals surface area (Å²) in [5.74, 6) is 0.747. The van der Waals surface area contributed by atoms with Crippen LogP contribution in [0, 0.1) is 0 Å². The summed E-state index contributed by atoms with van der Waals surface area (Å²) in [6.07, 6.45) is 1.63. The standard InChI is InChI=1S/C4H11NOS.C2H6/c1-7-3-4(6)2-5;1-2/h4,6H,2-3,5H2,1H3;1-2H3. The second kappa shape index (κ2) is 11.1. The van der Waals surface area contributed by atoms with Gasteiger partial charge in [-0.15, -0.1) is 0 Å². The van der Waals surface area contributed by atoms with Crippen molar-refractivity contribution in [1.82, 2.24) is 0 Å². The molecule has 0 radical (unpaired) electrons. The molecule has 0 spiro atoms. The van der Waals surface area contributed by atoms with Gasteiger partial charge in [-0.1, -0.05) is 13.8 Å². The molecule has 0 aromatic carbocycles. The van der Waals surface area contributed by atoms with Gasteiger partial charge in [0, 0.05) is 12.3 Å². The third-order valence-electron chi connectivity index (χ3n) is 0.631. The van der Waals surface area contributed by atoms with Gasteiger partial charge in [-0.2, -0.15) is 11.8 Å². The van der Waals surface area contributed by atoms with E-state index in [2.05, 4.69) is 0 Å². The molecule has 0 rings (SSSR count). The Morgan fingerprint density at radius 3 is 2.11 bits per heavy atom. The molecular formula is C6H17NOS. The van der Waals surface area contributed by atoms with Crippen LogP contribution in [-0.2, 0) is 0 Å². The summed E-state index contributed by atoms with van der Waals surface area (Å²) in [6.45, 7) is 4.38. The van der Waals surface area contributed by atoms with Crippen LogP contribution in [0.3, 0.4) is 0 Å². The normalized spacial score (nSPS) is 11.7. The smallest absolute Gasteiger partial charge is 0.0752 e. The van der Waals surface area contributed by atoms with E-state index in [9.17, 15) is 0 Å². The summed E-state index contributed by atoms with van der Waals surface area (Å²) in [5, 5.41) is 8.71. The van der Waals surface area contributed by atoms with Crippen molar-refractivity contribution in [2.75, 3.05) is 18.6 Å². The van der Waals surface area contributed by atoms with Crippen LogP contribution in [0.2, 0.25) is 0 Å². The number of nitrogens with two attached hydrogens (primary N) is 1. The summed E-state index contributed by atoms with van der Waals surface area (Å²) >= 11 is 1.60. The maximum absolute atomic E-state index is 8.71. The molecule has 0 aromatic heterocycles. The van der Waals surface area contributed by atoms with Crippen molar-refractivity contribution in [2.24, 2.45) is 5.73 Å². The fraction of sp³-hybridized carbons (Fsp3) is 1.00. The van der Waals surface area contributed by atoms with Gasteiger partial charge >= 0.3 is 0 Å². The number of aliphatic hydroxyl groups excluding tert-OH is 1. The Labute approximate surface area is 61.8 Å². The Kier molecular flexibility index (Phi) is 14.8. The summed E-state index contributed by atoms with van der Waals surface area (Å²) in [5.41, 5.74) is 5.09. The number of hydrogen-bond donors (Lipinski definition) is 2. The predicted octanol–water partition coefficient (Wildman–Crippen LogP) is 0.695. The fourth-order valence-electron chi connectivity index (χ4n) is 0.260. The summed E-state index contributed by atoms with van der Waals surface area (Å²) in [7, 11) is 0. The molecule has 58 valence electrons. The molecule has 0 saturated heterocycles. The number of hydrogen-bond acceptors (Lipinski definition) is 3. The van der Waals surface area contributed by atoms with Gasteiger partial charge in [-0.3, -0.25) is 0 Å². The number of rotatable bonds is 3. The monoisotopic (exact) mass is 151 g/mol. The van der Waals surface area contributed by atoms with Crippen molar-refractivity contribution >= 4 is 11.8 Å². The number of thioether (sulfide) groups is 1. The van der Waals surface area contributed by atoms with Crippen LogP contribution in [0.25, 0.3) is 0 Å². The average molecular weight is 151 g/mol. The van der Waals surface area contributed by atoms with Crippen molar-refractivity contribution < 1.29 is 5.11 Å². The van der Waals surface area contributed by atoms with Crippen LogP contribution in [-0.4, -0.2) is 29.8 Å². The molecule has 9 heavy (non-hydrogen) atoms. The molecule has 0 aliphatic heterocycles. The van der Waals surface area contributed by atoms with Gasteiger partial charge in [0.15, 0.2) is 0 Å².